The van der Waals surface area contributed by atoms with Crippen molar-refractivity contribution in [2.75, 3.05) is 11.9 Å². The Kier molecular flexibility index (Phi) is 8.17. The first kappa shape index (κ1) is 17.2. The molecule has 0 unspecified atom stereocenters. The molecule has 0 fully saturated rings. The fourth-order valence-electron chi connectivity index (χ4n) is 2.07. The highest BCUT2D eigenvalue weighted by Gasteiger charge is 2.02. The molecule has 0 aliphatic heterocycles. The summed E-state index contributed by atoms with van der Waals surface area (Å²) in [4.78, 5) is 22.8. The fourth-order valence-corrected chi connectivity index (χ4v) is 2.07. The Bertz CT molecular complexity index is 441. The second-order valence-electron chi connectivity index (χ2n) is 5.28. The minimum atomic E-state index is -0.195. The first-order chi connectivity index (χ1) is 10.1. The van der Waals surface area contributed by atoms with Crippen LogP contribution in [0.25, 0.3) is 0 Å². The Balaban J connectivity index is 2.17. The van der Waals surface area contributed by atoms with Gasteiger partial charge in [0.2, 0.25) is 0 Å². The van der Waals surface area contributed by atoms with Crippen LogP contribution in [0.2, 0.25) is 0 Å². The molecule has 0 radical (unpaired) electrons. The Hall–Kier alpha value is -1.84. The Labute approximate surface area is 127 Å². The first-order valence-corrected chi connectivity index (χ1v) is 7.79. The van der Waals surface area contributed by atoms with Gasteiger partial charge in [-0.1, -0.05) is 39.0 Å². The van der Waals surface area contributed by atoms with Crippen LogP contribution in [0.4, 0.5) is 10.5 Å². The molecule has 0 atom stereocenters. The second kappa shape index (κ2) is 9.97. The van der Waals surface area contributed by atoms with E-state index < -0.39 is 0 Å². The normalized spacial score (nSPS) is 10.2. The standard InChI is InChI=1S/C17H26N2O2/c1-3-4-5-6-7-8-13-18-17(21)19-16-11-9-15(10-12-16)14(2)20/h9-12H,3-8,13H2,1-2H3,(H2,18,19,21). The van der Waals surface area contributed by atoms with Gasteiger partial charge >= 0.3 is 6.03 Å². The molecule has 1 rings (SSSR count). The number of hydrogen-bond donors (Lipinski definition) is 2. The van der Waals surface area contributed by atoms with Crippen molar-refractivity contribution in [2.24, 2.45) is 0 Å². The van der Waals surface area contributed by atoms with E-state index in [1.807, 2.05) is 0 Å². The topological polar surface area (TPSA) is 58.2 Å². The number of unbranched alkanes of at least 4 members (excludes halogenated alkanes) is 5. The van der Waals surface area contributed by atoms with E-state index in [-0.39, 0.29) is 11.8 Å². The zero-order valence-corrected chi connectivity index (χ0v) is 13.1. The van der Waals surface area contributed by atoms with E-state index in [2.05, 4.69) is 17.6 Å². The second-order valence-corrected chi connectivity index (χ2v) is 5.28. The minimum Gasteiger partial charge on any atom is -0.338 e. The molecule has 0 aliphatic carbocycles. The Morgan fingerprint density at radius 1 is 0.952 bits per heavy atom. The lowest BCUT2D eigenvalue weighted by Crippen LogP contribution is -2.29. The van der Waals surface area contributed by atoms with E-state index in [1.165, 1.54) is 32.6 Å². The van der Waals surface area contributed by atoms with E-state index in [9.17, 15) is 9.59 Å². The van der Waals surface area contributed by atoms with Crippen LogP contribution in [0.1, 0.15) is 62.7 Å². The molecule has 2 amide bonds. The third-order valence-corrected chi connectivity index (χ3v) is 3.37. The molecule has 0 heterocycles. The number of nitrogens with one attached hydrogen (secondary N) is 2. The van der Waals surface area contributed by atoms with Crippen molar-refractivity contribution in [2.45, 2.75) is 52.4 Å². The Morgan fingerprint density at radius 2 is 1.57 bits per heavy atom. The van der Waals surface area contributed by atoms with Gasteiger partial charge in [-0.15, -0.1) is 0 Å². The summed E-state index contributed by atoms with van der Waals surface area (Å²) in [5.74, 6) is 0.0223. The number of ketones is 1. The van der Waals surface area contributed by atoms with Gasteiger partial charge in [0.25, 0.3) is 0 Å². The van der Waals surface area contributed by atoms with Gasteiger partial charge in [0, 0.05) is 17.8 Å². The number of urea groups is 1. The highest BCUT2D eigenvalue weighted by atomic mass is 16.2. The average molecular weight is 290 g/mol. The molecule has 0 aliphatic rings. The van der Waals surface area contributed by atoms with Crippen LogP contribution in [-0.2, 0) is 0 Å². The van der Waals surface area contributed by atoms with Gasteiger partial charge in [-0.2, -0.15) is 0 Å². The van der Waals surface area contributed by atoms with Crippen molar-refractivity contribution < 1.29 is 9.59 Å². The van der Waals surface area contributed by atoms with Crippen LogP contribution < -0.4 is 10.6 Å². The van der Waals surface area contributed by atoms with Crippen LogP contribution in [0, 0.1) is 0 Å². The van der Waals surface area contributed by atoms with Gasteiger partial charge in [0.05, 0.1) is 0 Å². The van der Waals surface area contributed by atoms with Crippen molar-refractivity contribution in [3.8, 4) is 0 Å². The van der Waals surface area contributed by atoms with Gasteiger partial charge in [0.1, 0.15) is 0 Å². The van der Waals surface area contributed by atoms with Crippen LogP contribution >= 0.6 is 0 Å². The van der Waals surface area contributed by atoms with Crippen molar-refractivity contribution >= 4 is 17.5 Å². The average Bonchev–Trinajstić information content (AvgIpc) is 2.47. The van der Waals surface area contributed by atoms with Gasteiger partial charge in [-0.3, -0.25) is 4.79 Å². The predicted molar refractivity (Wildman–Crippen MR) is 86.8 cm³/mol. The van der Waals surface area contributed by atoms with E-state index in [0.717, 1.165) is 12.8 Å². The molecular formula is C17H26N2O2. The van der Waals surface area contributed by atoms with Gasteiger partial charge < -0.3 is 10.6 Å². The largest absolute Gasteiger partial charge is 0.338 e. The van der Waals surface area contributed by atoms with Crippen LogP contribution in [-0.4, -0.2) is 18.4 Å². The number of anilines is 1. The van der Waals surface area contributed by atoms with Gasteiger partial charge in [0.15, 0.2) is 5.78 Å². The molecule has 4 heteroatoms. The van der Waals surface area contributed by atoms with Crippen LogP contribution in [0.3, 0.4) is 0 Å². The summed E-state index contributed by atoms with van der Waals surface area (Å²) in [7, 11) is 0. The molecule has 1 aromatic rings. The molecule has 116 valence electrons. The number of hydrogen-bond acceptors (Lipinski definition) is 2. The molecule has 0 bridgehead atoms. The van der Waals surface area contributed by atoms with Gasteiger partial charge in [-0.25, -0.2) is 4.79 Å². The van der Waals surface area contributed by atoms with E-state index >= 15 is 0 Å². The number of amides is 2. The molecule has 4 nitrogen and oxygen atoms in total. The number of benzene rings is 1. The highest BCUT2D eigenvalue weighted by molar-refractivity contribution is 5.95. The zero-order valence-electron chi connectivity index (χ0n) is 13.1. The monoisotopic (exact) mass is 290 g/mol. The molecule has 0 aromatic heterocycles. The summed E-state index contributed by atoms with van der Waals surface area (Å²) in [6.07, 6.45) is 7.25. The number of Topliss-reactive ketones (excluding diaryl/α,β-unsaturated/α-hetero) is 1. The quantitative estimate of drug-likeness (QED) is 0.524. The van der Waals surface area contributed by atoms with E-state index in [0.29, 0.717) is 17.8 Å². The highest BCUT2D eigenvalue weighted by Crippen LogP contribution is 2.10. The molecule has 1 aromatic carbocycles. The summed E-state index contributed by atoms with van der Waals surface area (Å²) < 4.78 is 0. The maximum absolute atomic E-state index is 11.7. The van der Waals surface area contributed by atoms with E-state index in [4.69, 9.17) is 0 Å². The molecular weight excluding hydrogens is 264 g/mol. The predicted octanol–water partition coefficient (Wildman–Crippen LogP) is 4.37. The third kappa shape index (κ3) is 7.49. The maximum atomic E-state index is 11.7. The third-order valence-electron chi connectivity index (χ3n) is 3.37. The van der Waals surface area contributed by atoms with Crippen LogP contribution in [0.15, 0.2) is 24.3 Å². The van der Waals surface area contributed by atoms with Crippen LogP contribution in [0.5, 0.6) is 0 Å². The summed E-state index contributed by atoms with van der Waals surface area (Å²) in [5, 5.41) is 5.60. The number of carbonyl (C=O) groups is 2. The smallest absolute Gasteiger partial charge is 0.319 e. The summed E-state index contributed by atoms with van der Waals surface area (Å²) in [5.41, 5.74) is 1.34. The van der Waals surface area contributed by atoms with Crippen molar-refractivity contribution in [1.29, 1.82) is 0 Å². The minimum absolute atomic E-state index is 0.0223. The summed E-state index contributed by atoms with van der Waals surface area (Å²) in [6.45, 7) is 4.42. The molecule has 0 spiro atoms. The molecule has 21 heavy (non-hydrogen) atoms. The Morgan fingerprint density at radius 3 is 2.19 bits per heavy atom. The fraction of sp³-hybridized carbons (Fsp3) is 0.529. The maximum Gasteiger partial charge on any atom is 0.319 e. The lowest BCUT2D eigenvalue weighted by atomic mass is 10.1. The summed E-state index contributed by atoms with van der Waals surface area (Å²) in [6, 6.07) is 6.71. The zero-order chi connectivity index (χ0) is 15.5. The van der Waals surface area contributed by atoms with Crippen molar-refractivity contribution in [3.05, 3.63) is 29.8 Å². The number of carbonyl (C=O) groups excluding carboxylic acids is 2. The van der Waals surface area contributed by atoms with Crippen molar-refractivity contribution in [1.82, 2.24) is 5.32 Å². The first-order valence-electron chi connectivity index (χ1n) is 7.79. The van der Waals surface area contributed by atoms with Gasteiger partial charge in [-0.05, 0) is 37.6 Å². The van der Waals surface area contributed by atoms with Crippen molar-refractivity contribution in [3.63, 3.8) is 0 Å². The summed E-state index contributed by atoms with van der Waals surface area (Å²) >= 11 is 0. The molecule has 2 N–H and O–H groups in total. The molecule has 0 saturated carbocycles. The SMILES string of the molecule is CCCCCCCCNC(=O)Nc1ccc(C(C)=O)cc1. The molecule has 0 saturated heterocycles. The lowest BCUT2D eigenvalue weighted by Gasteiger charge is -2.08. The number of rotatable bonds is 9. The van der Waals surface area contributed by atoms with E-state index in [1.54, 1.807) is 24.3 Å². The lowest BCUT2D eigenvalue weighted by molar-refractivity contribution is 0.101.